The molecule has 1 fully saturated rings. The Kier molecular flexibility index (Phi) is 4.16. The summed E-state index contributed by atoms with van der Waals surface area (Å²) in [5.41, 5.74) is 7.54. The summed E-state index contributed by atoms with van der Waals surface area (Å²) in [6.07, 6.45) is 4.21. The summed E-state index contributed by atoms with van der Waals surface area (Å²) in [4.78, 5) is 12.6. The highest BCUT2D eigenvalue weighted by Gasteiger charge is 2.38. The van der Waals surface area contributed by atoms with E-state index in [-0.39, 0.29) is 5.78 Å². The molecule has 2 atom stereocenters. The molecule has 1 aromatic rings. The van der Waals surface area contributed by atoms with Gasteiger partial charge in [0.1, 0.15) is 0 Å². The second-order valence-electron chi connectivity index (χ2n) is 5.93. The Morgan fingerprint density at radius 1 is 1.63 bits per heavy atom. The number of aryl methyl sites for hydroxylation is 2. The zero-order valence-electron chi connectivity index (χ0n) is 11.9. The molecule has 2 unspecified atom stereocenters. The predicted molar refractivity (Wildman–Crippen MR) is 78.9 cm³/mol. The van der Waals surface area contributed by atoms with Gasteiger partial charge in [-0.05, 0) is 41.6 Å². The average Bonchev–Trinajstić information content (AvgIpc) is 2.55. The van der Waals surface area contributed by atoms with Gasteiger partial charge in [0.15, 0.2) is 5.78 Å². The van der Waals surface area contributed by atoms with E-state index in [0.717, 1.165) is 35.1 Å². The first-order valence-corrected chi connectivity index (χ1v) is 7.63. The lowest BCUT2D eigenvalue weighted by Gasteiger charge is -2.35. The van der Waals surface area contributed by atoms with Gasteiger partial charge < -0.3 is 5.73 Å². The molecule has 1 aliphatic carbocycles. The summed E-state index contributed by atoms with van der Waals surface area (Å²) in [6, 6.07) is 0. The van der Waals surface area contributed by atoms with Crippen LogP contribution in [0.4, 0.5) is 0 Å². The van der Waals surface area contributed by atoms with Crippen LogP contribution < -0.4 is 5.73 Å². The van der Waals surface area contributed by atoms with Crippen molar-refractivity contribution in [2.45, 2.75) is 51.5 Å². The lowest BCUT2D eigenvalue weighted by atomic mass is 9.74. The Hall–Kier alpha value is -0.680. The van der Waals surface area contributed by atoms with Crippen molar-refractivity contribution in [3.05, 3.63) is 15.9 Å². The van der Waals surface area contributed by atoms with Gasteiger partial charge in [-0.2, -0.15) is 5.10 Å². The van der Waals surface area contributed by atoms with Crippen molar-refractivity contribution in [1.82, 2.24) is 9.78 Å². The number of carbonyl (C=O) groups is 1. The third-order valence-corrected chi connectivity index (χ3v) is 5.21. The molecular formula is C14H22BrN3O. The Morgan fingerprint density at radius 3 is 2.84 bits per heavy atom. The number of carbonyl (C=O) groups excluding carboxylic acids is 1. The minimum Gasteiger partial charge on any atom is -0.319 e. The molecule has 0 amide bonds. The number of hydrogen-bond donors (Lipinski definition) is 1. The van der Waals surface area contributed by atoms with Crippen molar-refractivity contribution in [2.24, 2.45) is 18.7 Å². The van der Waals surface area contributed by atoms with E-state index in [1.807, 2.05) is 14.0 Å². The van der Waals surface area contributed by atoms with Crippen molar-refractivity contribution in [2.75, 3.05) is 0 Å². The van der Waals surface area contributed by atoms with Crippen LogP contribution in [-0.4, -0.2) is 21.1 Å². The van der Waals surface area contributed by atoms with Gasteiger partial charge in [0.25, 0.3) is 0 Å². The molecule has 106 valence electrons. The molecule has 2 N–H and O–H groups in total. The largest absolute Gasteiger partial charge is 0.319 e. The molecule has 0 spiro atoms. The molecule has 1 aromatic heterocycles. The molecule has 4 nitrogen and oxygen atoms in total. The summed E-state index contributed by atoms with van der Waals surface area (Å²) < 4.78 is 2.70. The van der Waals surface area contributed by atoms with E-state index in [1.165, 1.54) is 6.42 Å². The molecule has 1 saturated carbocycles. The van der Waals surface area contributed by atoms with Crippen LogP contribution >= 0.6 is 15.9 Å². The molecular weight excluding hydrogens is 306 g/mol. The third-order valence-electron chi connectivity index (χ3n) is 4.18. The van der Waals surface area contributed by atoms with Gasteiger partial charge in [0.05, 0.1) is 27.8 Å². The fraction of sp³-hybridized carbons (Fsp3) is 0.714. The van der Waals surface area contributed by atoms with E-state index < -0.39 is 5.54 Å². The Morgan fingerprint density at radius 2 is 2.32 bits per heavy atom. The van der Waals surface area contributed by atoms with Crippen LogP contribution in [0.1, 0.15) is 44.0 Å². The minimum absolute atomic E-state index is 0.141. The molecule has 1 aliphatic rings. The first-order chi connectivity index (χ1) is 8.83. The maximum absolute atomic E-state index is 12.6. The van der Waals surface area contributed by atoms with Crippen molar-refractivity contribution in [3.63, 3.8) is 0 Å². The van der Waals surface area contributed by atoms with Gasteiger partial charge in [-0.25, -0.2) is 0 Å². The molecule has 19 heavy (non-hydrogen) atoms. The highest BCUT2D eigenvalue weighted by atomic mass is 79.9. The van der Waals surface area contributed by atoms with Gasteiger partial charge in [-0.15, -0.1) is 0 Å². The van der Waals surface area contributed by atoms with Crippen molar-refractivity contribution >= 4 is 21.7 Å². The Bertz CT molecular complexity index is 497. The third kappa shape index (κ3) is 2.92. The van der Waals surface area contributed by atoms with Gasteiger partial charge in [0.2, 0.25) is 0 Å². The van der Waals surface area contributed by atoms with E-state index in [2.05, 4.69) is 28.0 Å². The lowest BCUT2D eigenvalue weighted by molar-refractivity contribution is -0.125. The zero-order valence-corrected chi connectivity index (χ0v) is 13.5. The van der Waals surface area contributed by atoms with Crippen LogP contribution in [0, 0.1) is 12.8 Å². The normalized spacial score (nSPS) is 27.5. The van der Waals surface area contributed by atoms with Crippen molar-refractivity contribution in [3.8, 4) is 0 Å². The van der Waals surface area contributed by atoms with Gasteiger partial charge >= 0.3 is 0 Å². The Balaban J connectivity index is 2.16. The average molecular weight is 328 g/mol. The molecule has 2 rings (SSSR count). The van der Waals surface area contributed by atoms with Crippen molar-refractivity contribution < 1.29 is 4.79 Å². The second-order valence-corrected chi connectivity index (χ2v) is 6.72. The summed E-state index contributed by atoms with van der Waals surface area (Å²) in [6.45, 7) is 4.11. The predicted octanol–water partition coefficient (Wildman–Crippen LogP) is 2.51. The lowest BCUT2D eigenvalue weighted by Crippen LogP contribution is -2.51. The van der Waals surface area contributed by atoms with E-state index in [1.54, 1.807) is 4.68 Å². The maximum Gasteiger partial charge on any atom is 0.158 e. The van der Waals surface area contributed by atoms with Crippen molar-refractivity contribution in [1.29, 1.82) is 0 Å². The summed E-state index contributed by atoms with van der Waals surface area (Å²) in [7, 11) is 1.87. The fourth-order valence-corrected chi connectivity index (χ4v) is 3.52. The molecule has 0 saturated heterocycles. The molecule has 0 aromatic carbocycles. The molecule has 0 bridgehead atoms. The standard InChI is InChI=1S/C14H22BrN3O/c1-9-5-4-6-14(16,8-9)12(19)7-11-13(15)10(2)17-18(11)3/h9H,4-8,16H2,1-3H3. The number of nitrogens with two attached hydrogens (primary N) is 1. The van der Waals surface area contributed by atoms with Gasteiger partial charge in [0, 0.05) is 7.05 Å². The number of halogens is 1. The van der Waals surface area contributed by atoms with Crippen LogP contribution in [0.15, 0.2) is 4.47 Å². The van der Waals surface area contributed by atoms with E-state index in [0.29, 0.717) is 12.3 Å². The monoisotopic (exact) mass is 327 g/mol. The second kappa shape index (κ2) is 5.37. The zero-order chi connectivity index (χ0) is 14.2. The van der Waals surface area contributed by atoms with Crippen LogP contribution in [-0.2, 0) is 18.3 Å². The SMILES string of the molecule is Cc1nn(C)c(CC(=O)C2(N)CCCC(C)C2)c1Br. The molecule has 1 heterocycles. The van der Waals surface area contributed by atoms with Crippen LogP contribution in [0.25, 0.3) is 0 Å². The molecule has 0 radical (unpaired) electrons. The Labute approximate surface area is 122 Å². The summed E-state index contributed by atoms with van der Waals surface area (Å²) >= 11 is 3.51. The van der Waals surface area contributed by atoms with E-state index in [9.17, 15) is 4.79 Å². The van der Waals surface area contributed by atoms with E-state index in [4.69, 9.17) is 5.73 Å². The van der Waals surface area contributed by atoms with Gasteiger partial charge in [-0.1, -0.05) is 19.8 Å². The number of rotatable bonds is 3. The summed E-state index contributed by atoms with van der Waals surface area (Å²) in [5.74, 6) is 0.683. The number of hydrogen-bond acceptors (Lipinski definition) is 3. The molecule has 5 heteroatoms. The maximum atomic E-state index is 12.6. The number of nitrogens with zero attached hydrogens (tertiary/aromatic N) is 2. The van der Waals surface area contributed by atoms with Crippen LogP contribution in [0.2, 0.25) is 0 Å². The smallest absolute Gasteiger partial charge is 0.158 e. The number of aromatic nitrogens is 2. The van der Waals surface area contributed by atoms with Crippen LogP contribution in [0.3, 0.4) is 0 Å². The highest BCUT2D eigenvalue weighted by Crippen LogP contribution is 2.32. The number of ketones is 1. The molecule has 0 aliphatic heterocycles. The van der Waals surface area contributed by atoms with Crippen LogP contribution in [0.5, 0.6) is 0 Å². The fourth-order valence-electron chi connectivity index (χ4n) is 3.05. The van der Waals surface area contributed by atoms with Gasteiger partial charge in [-0.3, -0.25) is 9.48 Å². The summed E-state index contributed by atoms with van der Waals surface area (Å²) in [5, 5.41) is 4.32. The topological polar surface area (TPSA) is 60.9 Å². The first-order valence-electron chi connectivity index (χ1n) is 6.83. The number of Topliss-reactive ketones (excluding diaryl/α,β-unsaturated/α-hetero) is 1. The first kappa shape index (κ1) is 14.7. The quantitative estimate of drug-likeness (QED) is 0.927. The highest BCUT2D eigenvalue weighted by molar-refractivity contribution is 9.10. The van der Waals surface area contributed by atoms with E-state index >= 15 is 0 Å². The minimum atomic E-state index is -0.644.